The molecule has 1 aromatic heterocycles. The van der Waals surface area contributed by atoms with Crippen molar-refractivity contribution in [2.75, 3.05) is 6.54 Å². The number of rotatable bonds is 6. The van der Waals surface area contributed by atoms with Crippen LogP contribution < -0.4 is 11.1 Å². The van der Waals surface area contributed by atoms with E-state index < -0.39 is 11.5 Å². The average molecular weight is 270 g/mol. The summed E-state index contributed by atoms with van der Waals surface area (Å²) in [6.45, 7) is 3.93. The number of hydrogen-bond acceptors (Lipinski definition) is 4. The van der Waals surface area contributed by atoms with Crippen molar-refractivity contribution >= 4 is 23.2 Å². The molecule has 0 aromatic carbocycles. The summed E-state index contributed by atoms with van der Waals surface area (Å²) in [5, 5.41) is 14.2. The second-order valence-corrected chi connectivity index (χ2v) is 5.09. The number of carbonyl (C=O) groups excluding carboxylic acids is 2. The Balaban J connectivity index is 2.62. The summed E-state index contributed by atoms with van der Waals surface area (Å²) in [6, 6.07) is 1.46. The molecule has 6 heteroatoms. The van der Waals surface area contributed by atoms with Crippen molar-refractivity contribution in [2.24, 2.45) is 5.73 Å². The molecule has 0 aliphatic heterocycles. The quantitative estimate of drug-likeness (QED) is 0.723. The van der Waals surface area contributed by atoms with Gasteiger partial charge < -0.3 is 16.2 Å². The van der Waals surface area contributed by atoms with Crippen LogP contribution in [0.4, 0.5) is 0 Å². The molecule has 0 unspecified atom stereocenters. The van der Waals surface area contributed by atoms with Gasteiger partial charge in [-0.3, -0.25) is 9.59 Å². The Labute approximate surface area is 110 Å². The molecule has 0 aliphatic carbocycles. The van der Waals surface area contributed by atoms with Gasteiger partial charge in [-0.2, -0.15) is 0 Å². The van der Waals surface area contributed by atoms with Crippen LogP contribution in [0, 0.1) is 0 Å². The van der Waals surface area contributed by atoms with Crippen LogP contribution in [-0.4, -0.2) is 29.1 Å². The first-order valence-electron chi connectivity index (χ1n) is 5.80. The minimum Gasteiger partial charge on any atom is -0.388 e. The monoisotopic (exact) mass is 270 g/mol. The van der Waals surface area contributed by atoms with E-state index in [2.05, 4.69) is 5.32 Å². The van der Waals surface area contributed by atoms with Gasteiger partial charge in [0.25, 0.3) is 5.91 Å². The number of carbonyl (C=O) groups is 2. The topological polar surface area (TPSA) is 92.4 Å². The highest BCUT2D eigenvalue weighted by molar-refractivity contribution is 7.12. The van der Waals surface area contributed by atoms with E-state index in [4.69, 9.17) is 5.73 Å². The van der Waals surface area contributed by atoms with Crippen molar-refractivity contribution in [1.29, 1.82) is 0 Å². The maximum atomic E-state index is 11.8. The van der Waals surface area contributed by atoms with E-state index in [1.807, 2.05) is 13.8 Å². The molecular formula is C12H18N2O3S. The van der Waals surface area contributed by atoms with E-state index >= 15 is 0 Å². The van der Waals surface area contributed by atoms with Gasteiger partial charge >= 0.3 is 0 Å². The van der Waals surface area contributed by atoms with Gasteiger partial charge in [-0.05, 0) is 18.9 Å². The summed E-state index contributed by atoms with van der Waals surface area (Å²) in [7, 11) is 0. The third-order valence-corrected chi connectivity index (χ3v) is 3.93. The largest absolute Gasteiger partial charge is 0.388 e. The first kappa shape index (κ1) is 14.7. The Kier molecular flexibility index (Phi) is 4.86. The Morgan fingerprint density at radius 3 is 2.50 bits per heavy atom. The normalized spacial score (nSPS) is 11.3. The molecular weight excluding hydrogens is 252 g/mol. The lowest BCUT2D eigenvalue weighted by Gasteiger charge is -2.25. The summed E-state index contributed by atoms with van der Waals surface area (Å²) in [5.74, 6) is -0.850. The van der Waals surface area contributed by atoms with E-state index in [0.29, 0.717) is 23.3 Å². The van der Waals surface area contributed by atoms with Crippen LogP contribution in [0.1, 0.15) is 46.7 Å². The Bertz CT molecular complexity index is 438. The molecule has 1 rings (SSSR count). The minimum atomic E-state index is -0.876. The highest BCUT2D eigenvalue weighted by Gasteiger charge is 2.23. The first-order valence-corrected chi connectivity index (χ1v) is 6.68. The summed E-state index contributed by atoms with van der Waals surface area (Å²) < 4.78 is 0. The van der Waals surface area contributed by atoms with Gasteiger partial charge in [0.05, 0.1) is 16.0 Å². The van der Waals surface area contributed by atoms with Crippen LogP contribution in [0.25, 0.3) is 0 Å². The Morgan fingerprint density at radius 1 is 1.44 bits per heavy atom. The fourth-order valence-electron chi connectivity index (χ4n) is 1.42. The number of thiophene rings is 1. The molecule has 2 amide bonds. The molecule has 0 saturated heterocycles. The lowest BCUT2D eigenvalue weighted by Crippen LogP contribution is -2.41. The molecule has 0 atom stereocenters. The highest BCUT2D eigenvalue weighted by Crippen LogP contribution is 2.16. The van der Waals surface area contributed by atoms with Gasteiger partial charge in [0.2, 0.25) is 5.91 Å². The van der Waals surface area contributed by atoms with Gasteiger partial charge in [0.1, 0.15) is 0 Å². The maximum absolute atomic E-state index is 11.8. The van der Waals surface area contributed by atoms with Crippen LogP contribution in [0.3, 0.4) is 0 Å². The molecule has 0 spiro atoms. The molecule has 0 fully saturated rings. The minimum absolute atomic E-state index is 0.197. The number of primary amides is 1. The molecule has 0 bridgehead atoms. The third kappa shape index (κ3) is 3.54. The van der Waals surface area contributed by atoms with Crippen LogP contribution >= 0.6 is 11.3 Å². The summed E-state index contributed by atoms with van der Waals surface area (Å²) in [6.07, 6.45) is 1.14. The van der Waals surface area contributed by atoms with Gasteiger partial charge in [-0.1, -0.05) is 13.8 Å². The molecule has 1 heterocycles. The van der Waals surface area contributed by atoms with E-state index in [1.165, 1.54) is 6.07 Å². The third-order valence-electron chi connectivity index (χ3n) is 3.00. The first-order chi connectivity index (χ1) is 8.41. The standard InChI is InChI=1S/C12H18N2O3S/c1-3-12(17,4-2)7-14-11(16)9-5-8(6-18-9)10(13)15/h5-6,17H,3-4,7H2,1-2H3,(H2,13,15)(H,14,16). The van der Waals surface area contributed by atoms with Gasteiger partial charge in [0, 0.05) is 11.9 Å². The number of aliphatic hydroxyl groups is 1. The lowest BCUT2D eigenvalue weighted by atomic mass is 9.98. The lowest BCUT2D eigenvalue weighted by molar-refractivity contribution is 0.0314. The zero-order valence-electron chi connectivity index (χ0n) is 10.5. The van der Waals surface area contributed by atoms with E-state index in [0.717, 1.165) is 11.3 Å². The van der Waals surface area contributed by atoms with Crippen molar-refractivity contribution in [2.45, 2.75) is 32.3 Å². The molecule has 4 N–H and O–H groups in total. The predicted octanol–water partition coefficient (Wildman–Crippen LogP) is 1.13. The molecule has 0 saturated carbocycles. The van der Waals surface area contributed by atoms with Crippen molar-refractivity contribution in [3.05, 3.63) is 21.9 Å². The number of nitrogens with two attached hydrogens (primary N) is 1. The molecule has 5 nitrogen and oxygen atoms in total. The SMILES string of the molecule is CCC(O)(CC)CNC(=O)c1cc(C(N)=O)cs1. The number of hydrogen-bond donors (Lipinski definition) is 3. The average Bonchev–Trinajstić information content (AvgIpc) is 2.85. The summed E-state index contributed by atoms with van der Waals surface area (Å²) in [5.41, 5.74) is 4.56. The van der Waals surface area contributed by atoms with Gasteiger partial charge in [-0.15, -0.1) is 11.3 Å². The predicted molar refractivity (Wildman–Crippen MR) is 70.7 cm³/mol. The van der Waals surface area contributed by atoms with Crippen molar-refractivity contribution in [3.8, 4) is 0 Å². The molecule has 100 valence electrons. The Hall–Kier alpha value is -1.40. The van der Waals surface area contributed by atoms with Crippen molar-refractivity contribution in [3.63, 3.8) is 0 Å². The van der Waals surface area contributed by atoms with E-state index in [1.54, 1.807) is 5.38 Å². The fraction of sp³-hybridized carbons (Fsp3) is 0.500. The van der Waals surface area contributed by atoms with Crippen molar-refractivity contribution in [1.82, 2.24) is 5.32 Å². The van der Waals surface area contributed by atoms with Crippen LogP contribution in [-0.2, 0) is 0 Å². The molecule has 0 aliphatic rings. The second-order valence-electron chi connectivity index (χ2n) is 4.18. The van der Waals surface area contributed by atoms with E-state index in [9.17, 15) is 14.7 Å². The van der Waals surface area contributed by atoms with Gasteiger partial charge in [-0.25, -0.2) is 0 Å². The van der Waals surface area contributed by atoms with Crippen LogP contribution in [0.2, 0.25) is 0 Å². The molecule has 18 heavy (non-hydrogen) atoms. The number of nitrogens with one attached hydrogen (secondary N) is 1. The zero-order valence-corrected chi connectivity index (χ0v) is 11.3. The Morgan fingerprint density at radius 2 is 2.06 bits per heavy atom. The molecule has 0 radical (unpaired) electrons. The van der Waals surface area contributed by atoms with E-state index in [-0.39, 0.29) is 12.5 Å². The van der Waals surface area contributed by atoms with Gasteiger partial charge in [0.15, 0.2) is 0 Å². The van der Waals surface area contributed by atoms with Crippen LogP contribution in [0.5, 0.6) is 0 Å². The summed E-state index contributed by atoms with van der Waals surface area (Å²) >= 11 is 1.16. The van der Waals surface area contributed by atoms with Crippen LogP contribution in [0.15, 0.2) is 11.4 Å². The smallest absolute Gasteiger partial charge is 0.261 e. The van der Waals surface area contributed by atoms with Crippen molar-refractivity contribution < 1.29 is 14.7 Å². The highest BCUT2D eigenvalue weighted by atomic mass is 32.1. The second kappa shape index (κ2) is 5.97. The number of amides is 2. The molecule has 1 aromatic rings. The zero-order chi connectivity index (χ0) is 13.8. The fourth-order valence-corrected chi connectivity index (χ4v) is 2.23. The summed E-state index contributed by atoms with van der Waals surface area (Å²) in [4.78, 5) is 23.1. The maximum Gasteiger partial charge on any atom is 0.261 e.